The molecule has 0 radical (unpaired) electrons. The number of carbonyl (C=O) groups is 2. The summed E-state index contributed by atoms with van der Waals surface area (Å²) in [6.45, 7) is 7.96. The molecule has 2 rings (SSSR count). The number of morpholine rings is 1. The van der Waals surface area contributed by atoms with Crippen molar-refractivity contribution in [3.63, 3.8) is 0 Å². The van der Waals surface area contributed by atoms with Crippen molar-refractivity contribution < 1.29 is 14.3 Å². The highest BCUT2D eigenvalue weighted by atomic mass is 16.5. The third-order valence-electron chi connectivity index (χ3n) is 4.24. The summed E-state index contributed by atoms with van der Waals surface area (Å²) in [5.41, 5.74) is 0.803. The summed E-state index contributed by atoms with van der Waals surface area (Å²) in [4.78, 5) is 26.1. The van der Waals surface area contributed by atoms with Crippen LogP contribution in [0.4, 0.5) is 0 Å². The Morgan fingerprint density at radius 1 is 1.08 bits per heavy atom. The SMILES string of the molecule is CC(C)(CNC(=O)CNC(=O)Cc1ccccc1)N1CCOCC1. The first-order valence-electron chi connectivity index (χ1n) is 8.37. The van der Waals surface area contributed by atoms with Gasteiger partial charge in [-0.1, -0.05) is 30.3 Å². The van der Waals surface area contributed by atoms with Crippen LogP contribution in [0.15, 0.2) is 30.3 Å². The van der Waals surface area contributed by atoms with Gasteiger partial charge in [0.05, 0.1) is 26.2 Å². The number of hydrogen-bond donors (Lipinski definition) is 2. The molecule has 24 heavy (non-hydrogen) atoms. The lowest BCUT2D eigenvalue weighted by Crippen LogP contribution is -2.56. The Labute approximate surface area is 143 Å². The second-order valence-electron chi connectivity index (χ2n) is 6.63. The van der Waals surface area contributed by atoms with Crippen LogP contribution in [0.25, 0.3) is 0 Å². The van der Waals surface area contributed by atoms with E-state index in [2.05, 4.69) is 29.4 Å². The number of ether oxygens (including phenoxy) is 1. The fourth-order valence-corrected chi connectivity index (χ4v) is 2.68. The lowest BCUT2D eigenvalue weighted by atomic mass is 10.0. The summed E-state index contributed by atoms with van der Waals surface area (Å²) in [6.07, 6.45) is 0.285. The summed E-state index contributed by atoms with van der Waals surface area (Å²) in [5, 5.41) is 5.57. The predicted octanol–water partition coefficient (Wildman–Crippen LogP) is 0.572. The second kappa shape index (κ2) is 8.80. The minimum absolute atomic E-state index is 0.00482. The van der Waals surface area contributed by atoms with Gasteiger partial charge in [-0.25, -0.2) is 0 Å². The molecule has 0 aliphatic carbocycles. The van der Waals surface area contributed by atoms with Crippen LogP contribution in [0.5, 0.6) is 0 Å². The maximum Gasteiger partial charge on any atom is 0.239 e. The minimum Gasteiger partial charge on any atom is -0.379 e. The van der Waals surface area contributed by atoms with Gasteiger partial charge in [0.15, 0.2) is 0 Å². The molecule has 1 aliphatic rings. The Bertz CT molecular complexity index is 540. The summed E-state index contributed by atoms with van der Waals surface area (Å²) in [7, 11) is 0. The van der Waals surface area contributed by atoms with Gasteiger partial charge >= 0.3 is 0 Å². The number of nitrogens with zero attached hydrogens (tertiary/aromatic N) is 1. The van der Waals surface area contributed by atoms with Crippen LogP contribution in [-0.2, 0) is 20.7 Å². The molecular weight excluding hydrogens is 306 g/mol. The third-order valence-corrected chi connectivity index (χ3v) is 4.24. The molecule has 0 spiro atoms. The first-order valence-corrected chi connectivity index (χ1v) is 8.37. The van der Waals surface area contributed by atoms with Crippen molar-refractivity contribution in [2.75, 3.05) is 39.4 Å². The molecule has 132 valence electrons. The average Bonchev–Trinajstić information content (AvgIpc) is 2.60. The Kier molecular flexibility index (Phi) is 6.75. The van der Waals surface area contributed by atoms with Crippen LogP contribution < -0.4 is 10.6 Å². The smallest absolute Gasteiger partial charge is 0.239 e. The average molecular weight is 333 g/mol. The van der Waals surface area contributed by atoms with Gasteiger partial charge in [-0.2, -0.15) is 0 Å². The van der Waals surface area contributed by atoms with Crippen molar-refractivity contribution in [1.29, 1.82) is 0 Å². The molecule has 0 unspecified atom stereocenters. The zero-order chi connectivity index (χ0) is 17.4. The molecule has 6 heteroatoms. The number of hydrogen-bond acceptors (Lipinski definition) is 4. The molecule has 0 bridgehead atoms. The van der Waals surface area contributed by atoms with Crippen molar-refractivity contribution in [3.8, 4) is 0 Å². The molecule has 1 aromatic rings. The molecule has 6 nitrogen and oxygen atoms in total. The van der Waals surface area contributed by atoms with E-state index in [-0.39, 0.29) is 30.3 Å². The van der Waals surface area contributed by atoms with Gasteiger partial charge in [-0.05, 0) is 19.4 Å². The highest BCUT2D eigenvalue weighted by molar-refractivity contribution is 5.85. The van der Waals surface area contributed by atoms with Gasteiger partial charge in [0, 0.05) is 25.2 Å². The quantitative estimate of drug-likeness (QED) is 0.765. The van der Waals surface area contributed by atoms with E-state index in [0.29, 0.717) is 6.54 Å². The van der Waals surface area contributed by atoms with Crippen LogP contribution in [0.1, 0.15) is 19.4 Å². The van der Waals surface area contributed by atoms with Crippen LogP contribution in [-0.4, -0.2) is 61.6 Å². The Hall–Kier alpha value is -1.92. The van der Waals surface area contributed by atoms with E-state index in [1.807, 2.05) is 30.3 Å². The maximum atomic E-state index is 12.0. The highest BCUT2D eigenvalue weighted by Crippen LogP contribution is 2.14. The van der Waals surface area contributed by atoms with Gasteiger partial charge in [0.2, 0.25) is 11.8 Å². The molecule has 0 atom stereocenters. The first kappa shape index (κ1) is 18.4. The van der Waals surface area contributed by atoms with Crippen molar-refractivity contribution in [2.24, 2.45) is 0 Å². The van der Waals surface area contributed by atoms with Crippen molar-refractivity contribution in [2.45, 2.75) is 25.8 Å². The lowest BCUT2D eigenvalue weighted by molar-refractivity contribution is -0.126. The van der Waals surface area contributed by atoms with Crippen LogP contribution >= 0.6 is 0 Å². The Morgan fingerprint density at radius 3 is 2.42 bits per heavy atom. The van der Waals surface area contributed by atoms with Gasteiger partial charge in [-0.15, -0.1) is 0 Å². The number of benzene rings is 1. The lowest BCUT2D eigenvalue weighted by Gasteiger charge is -2.40. The highest BCUT2D eigenvalue weighted by Gasteiger charge is 2.28. The third kappa shape index (κ3) is 5.94. The second-order valence-corrected chi connectivity index (χ2v) is 6.63. The number of nitrogens with one attached hydrogen (secondary N) is 2. The van der Waals surface area contributed by atoms with E-state index >= 15 is 0 Å². The van der Waals surface area contributed by atoms with Crippen LogP contribution in [0, 0.1) is 0 Å². The number of carbonyl (C=O) groups excluding carboxylic acids is 2. The molecule has 1 fully saturated rings. The van der Waals surface area contributed by atoms with Crippen molar-refractivity contribution in [1.82, 2.24) is 15.5 Å². The Morgan fingerprint density at radius 2 is 1.75 bits per heavy atom. The van der Waals surface area contributed by atoms with Crippen molar-refractivity contribution >= 4 is 11.8 Å². The van der Waals surface area contributed by atoms with Crippen LogP contribution in [0.2, 0.25) is 0 Å². The summed E-state index contributed by atoms with van der Waals surface area (Å²) < 4.78 is 5.36. The fourth-order valence-electron chi connectivity index (χ4n) is 2.68. The minimum atomic E-state index is -0.169. The van der Waals surface area contributed by atoms with Gasteiger partial charge in [0.1, 0.15) is 0 Å². The summed E-state index contributed by atoms with van der Waals surface area (Å²) in [6, 6.07) is 9.48. The maximum absolute atomic E-state index is 12.0. The van der Waals surface area contributed by atoms with E-state index in [1.54, 1.807) is 0 Å². The van der Waals surface area contributed by atoms with E-state index in [4.69, 9.17) is 4.74 Å². The first-order chi connectivity index (χ1) is 11.5. The van der Waals surface area contributed by atoms with Gasteiger partial charge < -0.3 is 15.4 Å². The monoisotopic (exact) mass is 333 g/mol. The molecule has 1 heterocycles. The van der Waals surface area contributed by atoms with Crippen molar-refractivity contribution in [3.05, 3.63) is 35.9 Å². The molecule has 1 aromatic carbocycles. The standard InChI is InChI=1S/C18H27N3O3/c1-18(2,21-8-10-24-11-9-21)14-20-17(23)13-19-16(22)12-15-6-4-3-5-7-15/h3-7H,8-14H2,1-2H3,(H,19,22)(H,20,23). The van der Waals surface area contributed by atoms with E-state index in [9.17, 15) is 9.59 Å². The molecule has 2 N–H and O–H groups in total. The van der Waals surface area contributed by atoms with E-state index in [1.165, 1.54) is 0 Å². The predicted molar refractivity (Wildman–Crippen MR) is 92.6 cm³/mol. The molecular formula is C18H27N3O3. The summed E-state index contributed by atoms with van der Waals surface area (Å²) in [5.74, 6) is -0.318. The normalized spacial score (nSPS) is 15.8. The molecule has 0 aromatic heterocycles. The molecule has 2 amide bonds. The summed E-state index contributed by atoms with van der Waals surface area (Å²) >= 11 is 0. The number of rotatable bonds is 7. The fraction of sp³-hybridized carbons (Fsp3) is 0.556. The molecule has 1 saturated heterocycles. The molecule has 1 aliphatic heterocycles. The van der Waals surface area contributed by atoms with Crippen LogP contribution in [0.3, 0.4) is 0 Å². The zero-order valence-corrected chi connectivity index (χ0v) is 14.5. The topological polar surface area (TPSA) is 70.7 Å². The van der Waals surface area contributed by atoms with Gasteiger partial charge in [0.25, 0.3) is 0 Å². The number of amides is 2. The van der Waals surface area contributed by atoms with E-state index < -0.39 is 0 Å². The zero-order valence-electron chi connectivity index (χ0n) is 14.5. The largest absolute Gasteiger partial charge is 0.379 e. The Balaban J connectivity index is 1.68. The van der Waals surface area contributed by atoms with Gasteiger partial charge in [-0.3, -0.25) is 14.5 Å². The molecule has 0 saturated carbocycles. The van der Waals surface area contributed by atoms with E-state index in [0.717, 1.165) is 31.9 Å².